The maximum atomic E-state index is 12.8. The Morgan fingerprint density at radius 1 is 1.08 bits per heavy atom. The molecule has 0 atom stereocenters. The first-order valence-corrected chi connectivity index (χ1v) is 6.48. The van der Waals surface area contributed by atoms with Crippen molar-refractivity contribution in [2.45, 2.75) is 30.8 Å². The zero-order valence-corrected chi connectivity index (χ0v) is 12.6. The molecule has 1 rings (SSSR count). The molecule has 0 saturated carbocycles. The van der Waals surface area contributed by atoms with Gasteiger partial charge in [0.2, 0.25) is 0 Å². The van der Waals surface area contributed by atoms with Gasteiger partial charge in [-0.2, -0.15) is 26.3 Å². The van der Waals surface area contributed by atoms with Gasteiger partial charge in [0.15, 0.2) is 0 Å². The van der Waals surface area contributed by atoms with Crippen molar-refractivity contribution in [2.75, 3.05) is 14.2 Å². The second-order valence-corrected chi connectivity index (χ2v) is 4.81. The minimum Gasteiger partial charge on any atom is -0.496 e. The smallest absolute Gasteiger partial charge is 0.430 e. The number of aryl methyl sites for hydroxylation is 1. The summed E-state index contributed by atoms with van der Waals surface area (Å²) < 4.78 is 86.3. The normalized spacial score (nSPS) is 12.9. The lowest BCUT2D eigenvalue weighted by atomic mass is 9.90. The fraction of sp³-hybridized carbons (Fsp3) is 0.500. The van der Waals surface area contributed by atoms with E-state index in [1.54, 1.807) is 0 Å². The highest BCUT2D eigenvalue weighted by Crippen LogP contribution is 2.50. The lowest BCUT2D eigenvalue weighted by Gasteiger charge is -2.33. The van der Waals surface area contributed by atoms with E-state index in [-0.39, 0.29) is 24.2 Å². The first-order chi connectivity index (χ1) is 10.9. The summed E-state index contributed by atoms with van der Waals surface area (Å²) in [7, 11) is 2.18. The van der Waals surface area contributed by atoms with E-state index >= 15 is 0 Å². The summed E-state index contributed by atoms with van der Waals surface area (Å²) >= 11 is 0. The Hall–Kier alpha value is -1.97. The van der Waals surface area contributed by atoms with Crippen LogP contribution in [-0.4, -0.2) is 37.6 Å². The second-order valence-electron chi connectivity index (χ2n) is 4.81. The number of ether oxygens (including phenoxy) is 2. The monoisotopic (exact) mass is 360 g/mol. The number of rotatable bonds is 5. The number of carbonyl (C=O) groups excluding carboxylic acids is 1. The predicted octanol–water partition coefficient (Wildman–Crippen LogP) is 3.11. The molecule has 0 radical (unpaired) electrons. The Bertz CT molecular complexity index is 580. The molecule has 10 heteroatoms. The van der Waals surface area contributed by atoms with Crippen molar-refractivity contribution < 1.29 is 45.7 Å². The predicted molar refractivity (Wildman–Crippen MR) is 69.3 cm³/mol. The van der Waals surface area contributed by atoms with Gasteiger partial charge in [0.05, 0.1) is 14.2 Å². The van der Waals surface area contributed by atoms with Gasteiger partial charge in [-0.3, -0.25) is 4.79 Å². The molecule has 0 saturated heterocycles. The van der Waals surface area contributed by atoms with Gasteiger partial charge in [-0.15, -0.1) is 0 Å². The topological polar surface area (TPSA) is 55.8 Å². The number of carbonyl (C=O) groups is 1. The van der Waals surface area contributed by atoms with Crippen molar-refractivity contribution in [1.82, 2.24) is 0 Å². The molecule has 24 heavy (non-hydrogen) atoms. The zero-order chi connectivity index (χ0) is 18.8. The molecule has 1 aromatic rings. The Labute approximate surface area is 133 Å². The van der Waals surface area contributed by atoms with E-state index in [9.17, 15) is 36.2 Å². The number of hydrogen-bond acceptors (Lipinski definition) is 4. The maximum absolute atomic E-state index is 12.8. The van der Waals surface area contributed by atoms with Crippen LogP contribution in [0.25, 0.3) is 0 Å². The molecule has 1 aromatic carbocycles. The van der Waals surface area contributed by atoms with Crippen LogP contribution >= 0.6 is 0 Å². The van der Waals surface area contributed by atoms with Gasteiger partial charge >= 0.3 is 18.3 Å². The Morgan fingerprint density at radius 3 is 2.04 bits per heavy atom. The summed E-state index contributed by atoms with van der Waals surface area (Å²) in [5.74, 6) is -0.924. The molecule has 0 fully saturated rings. The van der Waals surface area contributed by atoms with Crippen LogP contribution in [-0.2, 0) is 21.6 Å². The number of hydrogen-bond donors (Lipinski definition) is 1. The van der Waals surface area contributed by atoms with Crippen LogP contribution in [0.15, 0.2) is 18.2 Å². The summed E-state index contributed by atoms with van der Waals surface area (Å²) in [6, 6.07) is 1.88. The van der Waals surface area contributed by atoms with Crippen molar-refractivity contribution in [2.24, 2.45) is 0 Å². The molecular formula is C14H14F6O4. The van der Waals surface area contributed by atoms with Gasteiger partial charge in [-0.1, -0.05) is 12.1 Å². The molecule has 136 valence electrons. The van der Waals surface area contributed by atoms with Crippen molar-refractivity contribution in [3.63, 3.8) is 0 Å². The highest BCUT2D eigenvalue weighted by atomic mass is 19.4. The summed E-state index contributed by atoms with van der Waals surface area (Å²) in [5, 5.41) is 9.34. The summed E-state index contributed by atoms with van der Waals surface area (Å²) in [6.07, 6.45) is -12.1. The van der Waals surface area contributed by atoms with Crippen molar-refractivity contribution in [3.8, 4) is 5.75 Å². The average Bonchev–Trinajstić information content (AvgIpc) is 2.49. The third-order valence-electron chi connectivity index (χ3n) is 3.35. The maximum Gasteiger partial charge on any atom is 0.430 e. The van der Waals surface area contributed by atoms with Gasteiger partial charge in [0, 0.05) is 12.0 Å². The number of aliphatic hydroxyl groups is 1. The van der Waals surface area contributed by atoms with Crippen LogP contribution in [0, 0.1) is 0 Å². The van der Waals surface area contributed by atoms with Gasteiger partial charge in [0.25, 0.3) is 5.60 Å². The quantitative estimate of drug-likeness (QED) is 0.648. The Balaban J connectivity index is 3.33. The molecule has 0 aliphatic carbocycles. The molecule has 0 heterocycles. The molecule has 4 nitrogen and oxygen atoms in total. The number of halogens is 6. The molecule has 0 aromatic heterocycles. The molecular weight excluding hydrogens is 346 g/mol. The molecule has 0 aliphatic rings. The molecule has 0 aliphatic heterocycles. The Morgan fingerprint density at radius 2 is 1.62 bits per heavy atom. The lowest BCUT2D eigenvalue weighted by molar-refractivity contribution is -0.376. The molecule has 0 spiro atoms. The van der Waals surface area contributed by atoms with Crippen LogP contribution < -0.4 is 4.74 Å². The standard InChI is InChI=1S/C14H14F6O4/c1-23-10-7-9(5-3-8(10)4-6-11(21)24-2)12(22,13(15,16)17)14(18,19)20/h3,5,7,22H,4,6H2,1-2H3. The number of benzene rings is 1. The largest absolute Gasteiger partial charge is 0.496 e. The van der Waals surface area contributed by atoms with Gasteiger partial charge in [0.1, 0.15) is 5.75 Å². The number of methoxy groups -OCH3 is 2. The first kappa shape index (κ1) is 20.1. The van der Waals surface area contributed by atoms with E-state index < -0.39 is 29.5 Å². The SMILES string of the molecule is COC(=O)CCc1ccc(C(O)(C(F)(F)F)C(F)(F)F)cc1OC. The average molecular weight is 360 g/mol. The minimum atomic E-state index is -5.98. The zero-order valence-electron chi connectivity index (χ0n) is 12.6. The number of esters is 1. The van der Waals surface area contributed by atoms with Crippen LogP contribution in [0.3, 0.4) is 0 Å². The number of alkyl halides is 6. The fourth-order valence-electron chi connectivity index (χ4n) is 2.00. The van der Waals surface area contributed by atoms with E-state index in [1.807, 2.05) is 0 Å². The van der Waals surface area contributed by atoms with Gasteiger partial charge in [-0.25, -0.2) is 0 Å². The van der Waals surface area contributed by atoms with Crippen LogP contribution in [0.4, 0.5) is 26.3 Å². The summed E-state index contributed by atoms with van der Waals surface area (Å²) in [6.45, 7) is 0. The van der Waals surface area contributed by atoms with E-state index in [4.69, 9.17) is 4.74 Å². The van der Waals surface area contributed by atoms with Crippen molar-refractivity contribution in [1.29, 1.82) is 0 Å². The van der Waals surface area contributed by atoms with Gasteiger partial charge < -0.3 is 14.6 Å². The van der Waals surface area contributed by atoms with Crippen LogP contribution in [0.2, 0.25) is 0 Å². The Kier molecular flexibility index (Phi) is 5.75. The second kappa shape index (κ2) is 6.88. The van der Waals surface area contributed by atoms with Crippen molar-refractivity contribution >= 4 is 5.97 Å². The molecule has 0 unspecified atom stereocenters. The lowest BCUT2D eigenvalue weighted by Crippen LogP contribution is -2.53. The third kappa shape index (κ3) is 3.74. The van der Waals surface area contributed by atoms with E-state index in [0.29, 0.717) is 12.1 Å². The van der Waals surface area contributed by atoms with E-state index in [2.05, 4.69) is 4.74 Å². The highest BCUT2D eigenvalue weighted by Gasteiger charge is 2.71. The van der Waals surface area contributed by atoms with Crippen LogP contribution in [0.5, 0.6) is 5.75 Å². The first-order valence-electron chi connectivity index (χ1n) is 6.48. The summed E-state index contributed by atoms with van der Waals surface area (Å²) in [4.78, 5) is 11.1. The molecule has 1 N–H and O–H groups in total. The van der Waals surface area contributed by atoms with Crippen molar-refractivity contribution in [3.05, 3.63) is 29.3 Å². The minimum absolute atomic E-state index is 0.0212. The van der Waals surface area contributed by atoms with Crippen LogP contribution in [0.1, 0.15) is 17.5 Å². The highest BCUT2D eigenvalue weighted by molar-refractivity contribution is 5.69. The molecule has 0 amide bonds. The fourth-order valence-corrected chi connectivity index (χ4v) is 2.00. The van der Waals surface area contributed by atoms with Gasteiger partial charge in [-0.05, 0) is 18.1 Å². The molecule has 0 bridgehead atoms. The summed E-state index contributed by atoms with van der Waals surface area (Å²) in [5.41, 5.74) is -6.27. The van der Waals surface area contributed by atoms with E-state index in [0.717, 1.165) is 20.3 Å². The third-order valence-corrected chi connectivity index (χ3v) is 3.35. The van der Waals surface area contributed by atoms with E-state index in [1.165, 1.54) is 0 Å².